The molecule has 0 bridgehead atoms. The van der Waals surface area contributed by atoms with Crippen molar-refractivity contribution in [2.24, 2.45) is 4.99 Å². The van der Waals surface area contributed by atoms with Crippen molar-refractivity contribution in [3.8, 4) is 0 Å². The van der Waals surface area contributed by atoms with Gasteiger partial charge in [0.25, 0.3) is 5.97 Å². The Hall–Kier alpha value is -1.72. The van der Waals surface area contributed by atoms with E-state index >= 15 is 0 Å². The molecule has 0 aromatic carbocycles. The Bertz CT molecular complexity index is 292. The molecule has 0 aromatic heterocycles. The summed E-state index contributed by atoms with van der Waals surface area (Å²) in [6.07, 6.45) is 0.490. The van der Waals surface area contributed by atoms with Crippen LogP contribution in [0.15, 0.2) is 4.99 Å². The molecular formula is C11H19NO5. The van der Waals surface area contributed by atoms with Gasteiger partial charge in [-0.05, 0) is 6.92 Å². The van der Waals surface area contributed by atoms with E-state index in [1.165, 1.54) is 7.05 Å². The second kappa shape index (κ2) is 10.8. The van der Waals surface area contributed by atoms with Gasteiger partial charge in [0, 0.05) is 20.4 Å². The van der Waals surface area contributed by atoms with Gasteiger partial charge in [0.05, 0.1) is 13.0 Å². The van der Waals surface area contributed by atoms with Crippen molar-refractivity contribution in [3.05, 3.63) is 0 Å². The summed E-state index contributed by atoms with van der Waals surface area (Å²) >= 11 is 0. The maximum Gasteiger partial charge on any atom is 0.352 e. The Kier molecular flexibility index (Phi) is 11.2. The molecule has 0 aliphatic rings. The standard InChI is InChI=1S/C9H15NO3.C2H4O2/c1-4-7(11)6-8(10-3)9(12)13-5-2;1-2(3)4/h4-6H2,1-3H3;1H3,(H,3,4). The number of carbonyl (C=O) groups is 3. The highest BCUT2D eigenvalue weighted by molar-refractivity contribution is 6.39. The van der Waals surface area contributed by atoms with E-state index in [4.69, 9.17) is 14.6 Å². The van der Waals surface area contributed by atoms with Gasteiger partial charge in [-0.3, -0.25) is 14.6 Å². The minimum absolute atomic E-state index is 0.00588. The third-order valence-electron chi connectivity index (χ3n) is 1.54. The fourth-order valence-corrected chi connectivity index (χ4v) is 0.769. The van der Waals surface area contributed by atoms with Crippen LogP contribution in [0.2, 0.25) is 0 Å². The van der Waals surface area contributed by atoms with Crippen LogP contribution < -0.4 is 0 Å². The quantitative estimate of drug-likeness (QED) is 0.578. The van der Waals surface area contributed by atoms with E-state index < -0.39 is 11.9 Å². The summed E-state index contributed by atoms with van der Waals surface area (Å²) in [7, 11) is 1.48. The molecule has 0 amide bonds. The van der Waals surface area contributed by atoms with Crippen molar-refractivity contribution in [3.63, 3.8) is 0 Å². The number of aliphatic imine (C=N–C) groups is 1. The first-order valence-corrected chi connectivity index (χ1v) is 5.22. The molecule has 0 aliphatic carbocycles. The molecule has 98 valence electrons. The van der Waals surface area contributed by atoms with E-state index in [9.17, 15) is 9.59 Å². The summed E-state index contributed by atoms with van der Waals surface area (Å²) in [6, 6.07) is 0. The van der Waals surface area contributed by atoms with E-state index in [0.717, 1.165) is 6.92 Å². The third-order valence-corrected chi connectivity index (χ3v) is 1.54. The average Bonchev–Trinajstić information content (AvgIpc) is 2.24. The maximum absolute atomic E-state index is 11.1. The van der Waals surface area contributed by atoms with Gasteiger partial charge in [0.2, 0.25) is 0 Å². The monoisotopic (exact) mass is 245 g/mol. The molecule has 0 atom stereocenters. The molecule has 0 saturated carbocycles. The van der Waals surface area contributed by atoms with Crippen LogP contribution in [0.1, 0.15) is 33.6 Å². The second-order valence-electron chi connectivity index (χ2n) is 2.98. The number of carboxylic acid groups (broad SMARTS) is 1. The van der Waals surface area contributed by atoms with Crippen LogP contribution in [0.4, 0.5) is 0 Å². The van der Waals surface area contributed by atoms with Gasteiger partial charge in [-0.2, -0.15) is 0 Å². The summed E-state index contributed by atoms with van der Waals surface area (Å²) in [6.45, 7) is 4.85. The van der Waals surface area contributed by atoms with Crippen molar-refractivity contribution in [2.45, 2.75) is 33.6 Å². The number of hydrogen-bond donors (Lipinski definition) is 1. The zero-order valence-electron chi connectivity index (χ0n) is 10.6. The van der Waals surface area contributed by atoms with E-state index in [1.807, 2.05) is 0 Å². The van der Waals surface area contributed by atoms with Gasteiger partial charge in [0.1, 0.15) is 11.5 Å². The van der Waals surface area contributed by atoms with Crippen molar-refractivity contribution in [2.75, 3.05) is 13.7 Å². The topological polar surface area (TPSA) is 93.0 Å². The van der Waals surface area contributed by atoms with Crippen LogP contribution in [0.25, 0.3) is 0 Å². The van der Waals surface area contributed by atoms with E-state index in [-0.39, 0.29) is 17.9 Å². The second-order valence-corrected chi connectivity index (χ2v) is 2.98. The molecule has 1 N–H and O–H groups in total. The molecule has 0 rings (SSSR count). The lowest BCUT2D eigenvalue weighted by Gasteiger charge is -2.03. The summed E-state index contributed by atoms with van der Waals surface area (Å²) in [4.78, 5) is 34.8. The van der Waals surface area contributed by atoms with E-state index in [2.05, 4.69) is 4.99 Å². The highest BCUT2D eigenvalue weighted by Crippen LogP contribution is 1.95. The molecule has 0 heterocycles. The van der Waals surface area contributed by atoms with Gasteiger partial charge in [-0.1, -0.05) is 6.92 Å². The third kappa shape index (κ3) is 12.2. The van der Waals surface area contributed by atoms with Crippen LogP contribution in [0.5, 0.6) is 0 Å². The number of hydrogen-bond acceptors (Lipinski definition) is 5. The van der Waals surface area contributed by atoms with Crippen molar-refractivity contribution in [1.82, 2.24) is 0 Å². The van der Waals surface area contributed by atoms with Gasteiger partial charge in [0.15, 0.2) is 0 Å². The van der Waals surface area contributed by atoms with Crippen LogP contribution in [-0.4, -0.2) is 42.2 Å². The molecule has 17 heavy (non-hydrogen) atoms. The Morgan fingerprint density at radius 2 is 1.71 bits per heavy atom. The largest absolute Gasteiger partial charge is 0.481 e. The molecule has 6 nitrogen and oxygen atoms in total. The first-order chi connectivity index (χ1) is 7.88. The highest BCUT2D eigenvalue weighted by Gasteiger charge is 2.14. The van der Waals surface area contributed by atoms with E-state index in [0.29, 0.717) is 13.0 Å². The minimum atomic E-state index is -0.833. The van der Waals surface area contributed by atoms with E-state index in [1.54, 1.807) is 13.8 Å². The Labute approximate surface area is 101 Å². The number of ketones is 1. The van der Waals surface area contributed by atoms with Crippen molar-refractivity contribution >= 4 is 23.4 Å². The normalized spacial score (nSPS) is 10.0. The molecule has 0 aliphatic heterocycles. The maximum atomic E-state index is 11.1. The van der Waals surface area contributed by atoms with Crippen molar-refractivity contribution < 1.29 is 24.2 Å². The molecule has 0 spiro atoms. The minimum Gasteiger partial charge on any atom is -0.481 e. The Morgan fingerprint density at radius 3 is 2.00 bits per heavy atom. The number of carboxylic acids is 1. The number of Topliss-reactive ketones (excluding diaryl/α,β-unsaturated/α-hetero) is 1. The lowest BCUT2D eigenvalue weighted by Crippen LogP contribution is -2.20. The number of esters is 1. The van der Waals surface area contributed by atoms with Gasteiger partial charge < -0.3 is 9.84 Å². The fraction of sp³-hybridized carbons (Fsp3) is 0.636. The molecule has 0 radical (unpaired) electrons. The number of carbonyl (C=O) groups excluding carboxylic acids is 2. The Balaban J connectivity index is 0. The molecule has 6 heteroatoms. The molecule has 0 aromatic rings. The Morgan fingerprint density at radius 1 is 1.24 bits per heavy atom. The SMILES string of the molecule is CC(=O)O.CCOC(=O)C(CC(=O)CC)=NC. The summed E-state index contributed by atoms with van der Waals surface area (Å²) in [5.74, 6) is -1.33. The lowest BCUT2D eigenvalue weighted by molar-refractivity contribution is -0.136. The van der Waals surface area contributed by atoms with Crippen LogP contribution in [0, 0.1) is 0 Å². The predicted octanol–water partition coefficient (Wildman–Crippen LogP) is 1.08. The molecule has 0 fully saturated rings. The zero-order chi connectivity index (χ0) is 13.8. The number of rotatable bonds is 5. The zero-order valence-corrected chi connectivity index (χ0v) is 10.6. The van der Waals surface area contributed by atoms with Crippen LogP contribution >= 0.6 is 0 Å². The van der Waals surface area contributed by atoms with Crippen LogP contribution in [0.3, 0.4) is 0 Å². The average molecular weight is 245 g/mol. The molecule has 0 saturated heterocycles. The number of ether oxygens (including phenoxy) is 1. The molecule has 0 unspecified atom stereocenters. The lowest BCUT2D eigenvalue weighted by atomic mass is 10.1. The first-order valence-electron chi connectivity index (χ1n) is 5.22. The summed E-state index contributed by atoms with van der Waals surface area (Å²) in [5, 5.41) is 7.42. The summed E-state index contributed by atoms with van der Waals surface area (Å²) in [5.41, 5.74) is 0.203. The van der Waals surface area contributed by atoms with Gasteiger partial charge in [-0.15, -0.1) is 0 Å². The summed E-state index contributed by atoms with van der Waals surface area (Å²) < 4.78 is 4.72. The predicted molar refractivity (Wildman–Crippen MR) is 63.2 cm³/mol. The smallest absolute Gasteiger partial charge is 0.352 e. The number of aliphatic carboxylic acids is 1. The highest BCUT2D eigenvalue weighted by atomic mass is 16.5. The molecular weight excluding hydrogens is 226 g/mol. The van der Waals surface area contributed by atoms with Gasteiger partial charge >= 0.3 is 5.97 Å². The number of nitrogens with zero attached hydrogens (tertiary/aromatic N) is 1. The van der Waals surface area contributed by atoms with Crippen LogP contribution in [-0.2, 0) is 19.1 Å². The first kappa shape index (κ1) is 17.7. The fourth-order valence-electron chi connectivity index (χ4n) is 0.769. The van der Waals surface area contributed by atoms with Crippen molar-refractivity contribution in [1.29, 1.82) is 0 Å². The van der Waals surface area contributed by atoms with Gasteiger partial charge in [-0.25, -0.2) is 4.79 Å².